The van der Waals surface area contributed by atoms with Crippen LogP contribution in [0.3, 0.4) is 0 Å². The summed E-state index contributed by atoms with van der Waals surface area (Å²) in [4.78, 5) is 4.29. The van der Waals surface area contributed by atoms with Crippen LogP contribution in [0.4, 0.5) is 22.7 Å². The Kier molecular flexibility index (Phi) is 8.76. The Bertz CT molecular complexity index is 1730. The molecule has 0 N–H and O–H groups in total. The highest BCUT2D eigenvalue weighted by Gasteiger charge is 2.14. The quantitative estimate of drug-likeness (QED) is 0.153. The van der Waals surface area contributed by atoms with Gasteiger partial charge in [0.1, 0.15) is 0 Å². The van der Waals surface area contributed by atoms with E-state index in [9.17, 15) is 0 Å². The SMILES string of the molecule is C=C(/C=C\C(=C)N(c1ccccc1)c1ccccc1)C(=C)/C=C\C(=C)N(c1ccccc1)c1cccc2ccccc12. The molecule has 0 amide bonds. The Hall–Kier alpha value is -5.60. The van der Waals surface area contributed by atoms with Gasteiger partial charge in [0.2, 0.25) is 0 Å². The van der Waals surface area contributed by atoms with Gasteiger partial charge >= 0.3 is 0 Å². The molecule has 0 spiro atoms. The summed E-state index contributed by atoms with van der Waals surface area (Å²) in [7, 11) is 0. The van der Waals surface area contributed by atoms with E-state index in [1.54, 1.807) is 0 Å². The lowest BCUT2D eigenvalue weighted by Gasteiger charge is -2.27. The molecule has 0 fully saturated rings. The van der Waals surface area contributed by atoms with E-state index in [-0.39, 0.29) is 0 Å². The first-order valence-electron chi connectivity index (χ1n) is 13.9. The molecule has 5 aromatic rings. The number of para-hydroxylation sites is 3. The van der Waals surface area contributed by atoms with Crippen LogP contribution < -0.4 is 9.80 Å². The largest absolute Gasteiger partial charge is 0.311 e. The minimum atomic E-state index is 0.789. The van der Waals surface area contributed by atoms with Gasteiger partial charge in [0.15, 0.2) is 0 Å². The van der Waals surface area contributed by atoms with E-state index in [1.807, 2.05) is 78.9 Å². The number of fused-ring (bicyclic) bond motifs is 1. The van der Waals surface area contributed by atoms with E-state index in [1.165, 1.54) is 5.39 Å². The molecule has 0 atom stereocenters. The topological polar surface area (TPSA) is 6.48 Å². The highest BCUT2D eigenvalue weighted by atomic mass is 15.1. The third-order valence-corrected chi connectivity index (χ3v) is 6.99. The van der Waals surface area contributed by atoms with Crippen LogP contribution in [0.2, 0.25) is 0 Å². The smallest absolute Gasteiger partial charge is 0.0539 e. The second kappa shape index (κ2) is 13.2. The average Bonchev–Trinajstić information content (AvgIpc) is 3.04. The number of hydrogen-bond acceptors (Lipinski definition) is 2. The third kappa shape index (κ3) is 6.41. The number of benzene rings is 5. The van der Waals surface area contributed by atoms with Gasteiger partial charge in [-0.25, -0.2) is 0 Å². The van der Waals surface area contributed by atoms with Crippen molar-refractivity contribution in [3.05, 3.63) is 207 Å². The fraction of sp³-hybridized carbons (Fsp3) is 0. The predicted octanol–water partition coefficient (Wildman–Crippen LogP) is 11.1. The van der Waals surface area contributed by atoms with Gasteiger partial charge in [-0.2, -0.15) is 0 Å². The van der Waals surface area contributed by atoms with E-state index in [4.69, 9.17) is 0 Å². The van der Waals surface area contributed by atoms with E-state index in [0.29, 0.717) is 0 Å². The zero-order valence-electron chi connectivity index (χ0n) is 23.7. The monoisotopic (exact) mass is 542 g/mol. The van der Waals surface area contributed by atoms with Gasteiger partial charge in [-0.3, -0.25) is 0 Å². The first-order valence-corrected chi connectivity index (χ1v) is 13.9. The highest BCUT2D eigenvalue weighted by molar-refractivity contribution is 5.97. The number of anilines is 4. The van der Waals surface area contributed by atoms with Gasteiger partial charge in [-0.05, 0) is 71.1 Å². The molecule has 0 saturated carbocycles. The summed E-state index contributed by atoms with van der Waals surface area (Å²) in [5, 5.41) is 2.33. The first-order chi connectivity index (χ1) is 20.5. The third-order valence-electron chi connectivity index (χ3n) is 6.99. The average molecular weight is 543 g/mol. The van der Waals surface area contributed by atoms with Gasteiger partial charge in [-0.15, -0.1) is 0 Å². The number of hydrogen-bond donors (Lipinski definition) is 0. The van der Waals surface area contributed by atoms with Gasteiger partial charge in [0, 0.05) is 33.8 Å². The minimum Gasteiger partial charge on any atom is -0.311 e. The molecule has 5 rings (SSSR count). The van der Waals surface area contributed by atoms with Crippen molar-refractivity contribution >= 4 is 33.5 Å². The molecule has 0 radical (unpaired) electrons. The lowest BCUT2D eigenvalue weighted by atomic mass is 10.1. The van der Waals surface area contributed by atoms with Crippen molar-refractivity contribution < 1.29 is 0 Å². The van der Waals surface area contributed by atoms with E-state index in [2.05, 4.69) is 115 Å². The van der Waals surface area contributed by atoms with Gasteiger partial charge in [-0.1, -0.05) is 129 Å². The lowest BCUT2D eigenvalue weighted by Crippen LogP contribution is -2.14. The molecule has 0 aliphatic rings. The van der Waals surface area contributed by atoms with Crippen LogP contribution >= 0.6 is 0 Å². The second-order valence-corrected chi connectivity index (χ2v) is 9.88. The van der Waals surface area contributed by atoms with E-state index >= 15 is 0 Å². The molecular weight excluding hydrogens is 508 g/mol. The maximum atomic E-state index is 4.44. The summed E-state index contributed by atoms with van der Waals surface area (Å²) in [5.74, 6) is 0. The Balaban J connectivity index is 1.36. The highest BCUT2D eigenvalue weighted by Crippen LogP contribution is 2.35. The standard InChI is InChI=1S/C40H34N2/c1-31(27-29-33(3)41(36-19-8-5-9-20-36)37-21-10-6-11-22-37)32(2)28-30-34(4)42(38-23-12-7-13-24-38)40-26-16-18-35-17-14-15-25-39(35)40/h5-30H,1-4H2/b29-27-,30-28-. The van der Waals surface area contributed by atoms with Gasteiger partial charge < -0.3 is 9.80 Å². The van der Waals surface area contributed by atoms with Crippen molar-refractivity contribution in [3.8, 4) is 0 Å². The normalized spacial score (nSPS) is 11.0. The van der Waals surface area contributed by atoms with Crippen LogP contribution in [0, 0.1) is 0 Å². The lowest BCUT2D eigenvalue weighted by molar-refractivity contribution is 1.22. The zero-order valence-corrected chi connectivity index (χ0v) is 23.7. The molecule has 42 heavy (non-hydrogen) atoms. The van der Waals surface area contributed by atoms with Crippen LogP contribution in [0.1, 0.15) is 0 Å². The van der Waals surface area contributed by atoms with E-state index < -0.39 is 0 Å². The first kappa shape index (κ1) is 27.9. The second-order valence-electron chi connectivity index (χ2n) is 9.88. The molecule has 0 bridgehead atoms. The summed E-state index contributed by atoms with van der Waals surface area (Å²) in [6.07, 6.45) is 7.88. The number of nitrogens with zero attached hydrogens (tertiary/aromatic N) is 2. The molecule has 2 nitrogen and oxygen atoms in total. The van der Waals surface area contributed by atoms with E-state index in [0.717, 1.165) is 50.7 Å². The van der Waals surface area contributed by atoms with Crippen molar-refractivity contribution in [2.45, 2.75) is 0 Å². The summed E-state index contributed by atoms with van der Waals surface area (Å²) < 4.78 is 0. The number of rotatable bonds is 11. The van der Waals surface area contributed by atoms with Crippen LogP contribution in [0.5, 0.6) is 0 Å². The molecule has 0 aliphatic heterocycles. The van der Waals surface area contributed by atoms with Crippen molar-refractivity contribution in [1.29, 1.82) is 0 Å². The molecule has 0 saturated heterocycles. The molecule has 5 aromatic carbocycles. The summed E-state index contributed by atoms with van der Waals surface area (Å²) in [5.41, 5.74) is 7.39. The van der Waals surface area contributed by atoms with Crippen LogP contribution in [0.25, 0.3) is 10.8 Å². The van der Waals surface area contributed by atoms with Crippen LogP contribution in [-0.4, -0.2) is 0 Å². The van der Waals surface area contributed by atoms with Crippen LogP contribution in [-0.2, 0) is 0 Å². The summed E-state index contributed by atoms with van der Waals surface area (Å²) in [6.45, 7) is 17.3. The molecular formula is C40H34N2. The van der Waals surface area contributed by atoms with Crippen molar-refractivity contribution in [1.82, 2.24) is 0 Å². The molecule has 0 aliphatic carbocycles. The summed E-state index contributed by atoms with van der Waals surface area (Å²) >= 11 is 0. The van der Waals surface area contributed by atoms with Crippen LogP contribution in [0.15, 0.2) is 207 Å². The Morgan fingerprint density at radius 3 is 1.33 bits per heavy atom. The maximum Gasteiger partial charge on any atom is 0.0539 e. The van der Waals surface area contributed by atoms with Crippen molar-refractivity contribution in [3.63, 3.8) is 0 Å². The summed E-state index contributed by atoms with van der Waals surface area (Å²) in [6, 6.07) is 45.4. The van der Waals surface area contributed by atoms with Crippen molar-refractivity contribution in [2.75, 3.05) is 9.80 Å². The van der Waals surface area contributed by atoms with Crippen molar-refractivity contribution in [2.24, 2.45) is 0 Å². The molecule has 0 aromatic heterocycles. The molecule has 0 unspecified atom stereocenters. The fourth-order valence-corrected chi connectivity index (χ4v) is 4.83. The Labute approximate surface area is 249 Å². The molecule has 0 heterocycles. The maximum absolute atomic E-state index is 4.44. The zero-order chi connectivity index (χ0) is 29.3. The molecule has 204 valence electrons. The van der Waals surface area contributed by atoms with Gasteiger partial charge in [0.05, 0.1) is 5.69 Å². The number of allylic oxidation sites excluding steroid dienone is 6. The molecule has 2 heteroatoms. The Morgan fingerprint density at radius 1 is 0.405 bits per heavy atom. The predicted molar refractivity (Wildman–Crippen MR) is 182 cm³/mol. The fourth-order valence-electron chi connectivity index (χ4n) is 4.83. The van der Waals surface area contributed by atoms with Gasteiger partial charge in [0.25, 0.3) is 0 Å². The minimum absolute atomic E-state index is 0.789. The Morgan fingerprint density at radius 2 is 0.810 bits per heavy atom.